The molecule has 0 saturated carbocycles. The van der Waals surface area contributed by atoms with E-state index in [-0.39, 0.29) is 10.7 Å². The minimum Gasteiger partial charge on any atom is -0.419 e. The molecule has 1 atom stereocenters. The summed E-state index contributed by atoms with van der Waals surface area (Å²) in [6.45, 7) is 13.2. The third-order valence-corrected chi connectivity index (χ3v) is 6.20. The van der Waals surface area contributed by atoms with E-state index < -0.39 is 0 Å². The van der Waals surface area contributed by atoms with Crippen LogP contribution in [-0.4, -0.2) is 25.0 Å². The van der Waals surface area contributed by atoms with Crippen LogP contribution in [0.5, 0.6) is 0 Å². The number of aromatic nitrogens is 5. The van der Waals surface area contributed by atoms with E-state index in [1.165, 1.54) is 17.3 Å². The number of thioether (sulfide) groups is 1. The molecule has 0 aliphatic rings. The van der Waals surface area contributed by atoms with Crippen LogP contribution in [0.1, 0.15) is 44.4 Å². The molecule has 2 heterocycles. The van der Waals surface area contributed by atoms with Crippen LogP contribution in [0.4, 0.5) is 0 Å². The van der Waals surface area contributed by atoms with E-state index in [0.717, 1.165) is 22.1 Å². The standard InChI is InChI=1S/C25H27N5OS/c1-6-16-30-21(18-12-14-20(15-13-18)25(3,4)5)26-29-24(30)32-17(2)22-27-28-23(31-22)19-10-8-7-9-11-19/h6-15,17H,1,16H2,2-5H3/t17-/m1/s1. The molecular formula is C25H27N5OS. The van der Waals surface area contributed by atoms with Gasteiger partial charge in [-0.25, -0.2) is 0 Å². The summed E-state index contributed by atoms with van der Waals surface area (Å²) in [5.74, 6) is 1.88. The Morgan fingerprint density at radius 3 is 2.34 bits per heavy atom. The summed E-state index contributed by atoms with van der Waals surface area (Å²) in [7, 11) is 0. The number of rotatable bonds is 7. The zero-order valence-electron chi connectivity index (χ0n) is 18.8. The molecule has 0 aliphatic heterocycles. The second kappa shape index (κ2) is 9.12. The smallest absolute Gasteiger partial charge is 0.247 e. The second-order valence-corrected chi connectivity index (χ2v) is 9.91. The molecular weight excluding hydrogens is 418 g/mol. The Hall–Kier alpha value is -3.19. The van der Waals surface area contributed by atoms with Crippen LogP contribution >= 0.6 is 11.8 Å². The van der Waals surface area contributed by atoms with E-state index in [9.17, 15) is 0 Å². The average Bonchev–Trinajstić information content (AvgIpc) is 3.42. The highest BCUT2D eigenvalue weighted by Gasteiger charge is 2.22. The predicted octanol–water partition coefficient (Wildman–Crippen LogP) is 6.33. The number of hydrogen-bond donors (Lipinski definition) is 0. The quantitative estimate of drug-likeness (QED) is 0.244. The van der Waals surface area contributed by atoms with Crippen molar-refractivity contribution in [2.75, 3.05) is 0 Å². The van der Waals surface area contributed by atoms with Gasteiger partial charge in [-0.2, -0.15) is 0 Å². The minimum absolute atomic E-state index is 0.0798. The Morgan fingerprint density at radius 2 is 1.69 bits per heavy atom. The number of hydrogen-bond acceptors (Lipinski definition) is 6. The van der Waals surface area contributed by atoms with Gasteiger partial charge in [-0.3, -0.25) is 4.57 Å². The zero-order chi connectivity index (χ0) is 22.7. The average molecular weight is 446 g/mol. The first-order valence-electron chi connectivity index (χ1n) is 10.6. The summed E-state index contributed by atoms with van der Waals surface area (Å²) >= 11 is 1.54. The van der Waals surface area contributed by atoms with Gasteiger partial charge in [-0.05, 0) is 30.0 Å². The molecule has 0 fully saturated rings. The highest BCUT2D eigenvalue weighted by atomic mass is 32.2. The van der Waals surface area contributed by atoms with E-state index >= 15 is 0 Å². The molecule has 0 amide bonds. The van der Waals surface area contributed by atoms with Gasteiger partial charge in [0.25, 0.3) is 0 Å². The maximum Gasteiger partial charge on any atom is 0.247 e. The van der Waals surface area contributed by atoms with Crippen LogP contribution in [0, 0.1) is 0 Å². The van der Waals surface area contributed by atoms with Crippen molar-refractivity contribution in [2.24, 2.45) is 0 Å². The number of benzene rings is 2. The molecule has 0 spiro atoms. The molecule has 0 saturated heterocycles. The van der Waals surface area contributed by atoms with Crippen molar-refractivity contribution in [3.8, 4) is 22.8 Å². The molecule has 0 radical (unpaired) electrons. The largest absolute Gasteiger partial charge is 0.419 e. The lowest BCUT2D eigenvalue weighted by molar-refractivity contribution is 0.508. The van der Waals surface area contributed by atoms with Gasteiger partial charge in [0, 0.05) is 17.7 Å². The summed E-state index contributed by atoms with van der Waals surface area (Å²) in [6, 6.07) is 18.3. The molecule has 0 bridgehead atoms. The van der Waals surface area contributed by atoms with Gasteiger partial charge in [0.1, 0.15) is 0 Å². The fourth-order valence-electron chi connectivity index (χ4n) is 3.31. The van der Waals surface area contributed by atoms with Crippen molar-refractivity contribution in [1.82, 2.24) is 25.0 Å². The topological polar surface area (TPSA) is 69.6 Å². The summed E-state index contributed by atoms with van der Waals surface area (Å²) in [5, 5.41) is 18.1. The predicted molar refractivity (Wildman–Crippen MR) is 128 cm³/mol. The Labute approximate surface area is 192 Å². The van der Waals surface area contributed by atoms with E-state index in [2.05, 4.69) is 76.6 Å². The molecule has 0 N–H and O–H groups in total. The monoisotopic (exact) mass is 445 g/mol. The highest BCUT2D eigenvalue weighted by molar-refractivity contribution is 7.99. The van der Waals surface area contributed by atoms with Crippen LogP contribution < -0.4 is 0 Å². The molecule has 2 aromatic heterocycles. The molecule has 0 unspecified atom stereocenters. The van der Waals surface area contributed by atoms with Crippen molar-refractivity contribution >= 4 is 11.8 Å². The van der Waals surface area contributed by atoms with Crippen molar-refractivity contribution < 1.29 is 4.42 Å². The lowest BCUT2D eigenvalue weighted by atomic mass is 9.87. The second-order valence-electron chi connectivity index (χ2n) is 8.60. The lowest BCUT2D eigenvalue weighted by Gasteiger charge is -2.19. The summed E-state index contributed by atoms with van der Waals surface area (Å²) in [4.78, 5) is 0. The molecule has 2 aromatic carbocycles. The van der Waals surface area contributed by atoms with E-state index in [4.69, 9.17) is 4.42 Å². The fraction of sp³-hybridized carbons (Fsp3) is 0.280. The molecule has 4 aromatic rings. The maximum absolute atomic E-state index is 5.92. The van der Waals surface area contributed by atoms with Crippen LogP contribution in [-0.2, 0) is 12.0 Å². The molecule has 164 valence electrons. The summed E-state index contributed by atoms with van der Waals surface area (Å²) in [5.41, 5.74) is 3.31. The number of nitrogens with zero attached hydrogens (tertiary/aromatic N) is 5. The molecule has 7 heteroatoms. The van der Waals surface area contributed by atoms with Crippen molar-refractivity contribution in [3.63, 3.8) is 0 Å². The van der Waals surface area contributed by atoms with Gasteiger partial charge in [-0.15, -0.1) is 27.0 Å². The fourth-order valence-corrected chi connectivity index (χ4v) is 4.20. The van der Waals surface area contributed by atoms with Crippen LogP contribution in [0.2, 0.25) is 0 Å². The first-order valence-corrected chi connectivity index (χ1v) is 11.5. The van der Waals surface area contributed by atoms with Gasteiger partial charge >= 0.3 is 0 Å². The van der Waals surface area contributed by atoms with E-state index in [1.54, 1.807) is 0 Å². The van der Waals surface area contributed by atoms with Gasteiger partial charge in [0.15, 0.2) is 11.0 Å². The lowest BCUT2D eigenvalue weighted by Crippen LogP contribution is -2.10. The Bertz CT molecular complexity index is 1190. The highest BCUT2D eigenvalue weighted by Crippen LogP contribution is 2.36. The third kappa shape index (κ3) is 4.67. The zero-order valence-corrected chi connectivity index (χ0v) is 19.6. The Morgan fingerprint density at radius 1 is 0.969 bits per heavy atom. The van der Waals surface area contributed by atoms with Gasteiger partial charge in [0.05, 0.1) is 5.25 Å². The summed E-state index contributed by atoms with van der Waals surface area (Å²) in [6.07, 6.45) is 1.85. The Balaban J connectivity index is 1.57. The van der Waals surface area contributed by atoms with Crippen LogP contribution in [0.25, 0.3) is 22.8 Å². The maximum atomic E-state index is 5.92. The third-order valence-electron chi connectivity index (χ3n) is 5.13. The molecule has 4 rings (SSSR count). The van der Waals surface area contributed by atoms with E-state index in [1.807, 2.05) is 43.3 Å². The van der Waals surface area contributed by atoms with Crippen LogP contribution in [0.15, 0.2) is 76.8 Å². The molecule has 0 aliphatic carbocycles. The normalized spacial score (nSPS) is 12.6. The van der Waals surface area contributed by atoms with Crippen molar-refractivity contribution in [2.45, 2.75) is 50.1 Å². The Kier molecular flexibility index (Phi) is 6.28. The van der Waals surface area contributed by atoms with E-state index in [0.29, 0.717) is 18.3 Å². The molecule has 32 heavy (non-hydrogen) atoms. The van der Waals surface area contributed by atoms with Crippen molar-refractivity contribution in [3.05, 3.63) is 78.7 Å². The van der Waals surface area contributed by atoms with Crippen LogP contribution in [0.3, 0.4) is 0 Å². The molecule has 6 nitrogen and oxygen atoms in total. The van der Waals surface area contributed by atoms with Gasteiger partial charge in [0.2, 0.25) is 11.8 Å². The van der Waals surface area contributed by atoms with Gasteiger partial charge < -0.3 is 4.42 Å². The first kappa shape index (κ1) is 22.0. The number of allylic oxidation sites excluding steroid dienone is 1. The SMILES string of the molecule is C=CCn1c(S[C@H](C)c2nnc(-c3ccccc3)o2)nnc1-c1ccc(C(C)(C)C)cc1. The minimum atomic E-state index is -0.0798. The van der Waals surface area contributed by atoms with Crippen molar-refractivity contribution in [1.29, 1.82) is 0 Å². The van der Waals surface area contributed by atoms with Gasteiger partial charge in [-0.1, -0.05) is 81.1 Å². The summed E-state index contributed by atoms with van der Waals surface area (Å²) < 4.78 is 7.98. The first-order chi connectivity index (χ1) is 15.4.